The second kappa shape index (κ2) is 5.47. The van der Waals surface area contributed by atoms with E-state index in [4.69, 9.17) is 9.47 Å². The summed E-state index contributed by atoms with van der Waals surface area (Å²) in [7, 11) is 1.44. The number of hydrogen-bond acceptors (Lipinski definition) is 5. The van der Waals surface area contributed by atoms with Crippen molar-refractivity contribution >= 4 is 5.97 Å². The molecule has 0 fully saturated rings. The summed E-state index contributed by atoms with van der Waals surface area (Å²) in [6, 6.07) is 4.28. The molecule has 19 heavy (non-hydrogen) atoms. The average molecular weight is 265 g/mol. The molecule has 7 heteroatoms. The Morgan fingerprint density at radius 2 is 2.26 bits per heavy atom. The van der Waals surface area contributed by atoms with Gasteiger partial charge in [0.25, 0.3) is 0 Å². The molecule has 0 saturated heterocycles. The zero-order chi connectivity index (χ0) is 13.8. The maximum Gasteiger partial charge on any atom is 0.375 e. The lowest BCUT2D eigenvalue weighted by atomic mass is 10.2. The number of benzene rings is 1. The van der Waals surface area contributed by atoms with Crippen LogP contribution in [0, 0.1) is 5.82 Å². The molecule has 0 atom stereocenters. The van der Waals surface area contributed by atoms with Crippen LogP contribution in [-0.4, -0.2) is 34.9 Å². The van der Waals surface area contributed by atoms with E-state index < -0.39 is 11.8 Å². The predicted octanol–water partition coefficient (Wildman–Crippen LogP) is 1.80. The molecule has 1 N–H and O–H groups in total. The molecule has 1 heterocycles. The largest absolute Gasteiger partial charge is 0.497 e. The number of esters is 1. The fourth-order valence-electron chi connectivity index (χ4n) is 1.48. The van der Waals surface area contributed by atoms with Gasteiger partial charge >= 0.3 is 5.97 Å². The number of hydrogen-bond donors (Lipinski definition) is 1. The molecule has 0 aliphatic carbocycles. The van der Waals surface area contributed by atoms with E-state index in [1.807, 2.05) is 0 Å². The summed E-state index contributed by atoms with van der Waals surface area (Å²) in [5, 5.41) is 6.20. The van der Waals surface area contributed by atoms with E-state index in [0.29, 0.717) is 5.75 Å². The number of aromatic nitrogens is 3. The van der Waals surface area contributed by atoms with Gasteiger partial charge in [-0.05, 0) is 19.1 Å². The summed E-state index contributed by atoms with van der Waals surface area (Å²) in [5.74, 6) is -0.749. The normalized spacial score (nSPS) is 10.3. The summed E-state index contributed by atoms with van der Waals surface area (Å²) in [6.07, 6.45) is 0. The summed E-state index contributed by atoms with van der Waals surface area (Å²) in [5.41, 5.74) is 0.174. The van der Waals surface area contributed by atoms with E-state index in [9.17, 15) is 9.18 Å². The second-order valence-electron chi connectivity index (χ2n) is 3.57. The second-order valence-corrected chi connectivity index (χ2v) is 3.57. The van der Waals surface area contributed by atoms with Gasteiger partial charge in [0.1, 0.15) is 11.6 Å². The van der Waals surface area contributed by atoms with Gasteiger partial charge in [0.15, 0.2) is 5.82 Å². The first-order valence-electron chi connectivity index (χ1n) is 5.59. The Bertz CT molecular complexity index is 598. The van der Waals surface area contributed by atoms with Crippen LogP contribution < -0.4 is 4.74 Å². The lowest BCUT2D eigenvalue weighted by molar-refractivity contribution is 0.0512. The minimum atomic E-state index is -0.629. The molecule has 0 aliphatic heterocycles. The number of rotatable bonds is 4. The number of aromatic amines is 1. The quantitative estimate of drug-likeness (QED) is 0.853. The molecule has 6 nitrogen and oxygen atoms in total. The van der Waals surface area contributed by atoms with Crippen LogP contribution in [0.1, 0.15) is 17.5 Å². The first-order valence-corrected chi connectivity index (χ1v) is 5.59. The fourth-order valence-corrected chi connectivity index (χ4v) is 1.48. The Labute approximate surface area is 108 Å². The van der Waals surface area contributed by atoms with Crippen molar-refractivity contribution in [2.75, 3.05) is 13.7 Å². The molecule has 2 aromatic rings. The van der Waals surface area contributed by atoms with Crippen molar-refractivity contribution in [1.82, 2.24) is 15.2 Å². The Morgan fingerprint density at radius 3 is 2.89 bits per heavy atom. The minimum Gasteiger partial charge on any atom is -0.497 e. The molecule has 0 saturated carbocycles. The van der Waals surface area contributed by atoms with Crippen molar-refractivity contribution in [3.05, 3.63) is 29.8 Å². The third kappa shape index (κ3) is 2.70. The number of ether oxygens (including phenoxy) is 2. The van der Waals surface area contributed by atoms with E-state index in [2.05, 4.69) is 15.2 Å². The SMILES string of the molecule is CCOC(=O)c1nc(-c2ccc(OC)cc2F)n[nH]1. The number of carbonyl (C=O) groups excluding carboxylic acids is 1. The van der Waals surface area contributed by atoms with Crippen molar-refractivity contribution in [2.45, 2.75) is 6.92 Å². The van der Waals surface area contributed by atoms with Crippen LogP contribution >= 0.6 is 0 Å². The van der Waals surface area contributed by atoms with Crippen molar-refractivity contribution in [2.24, 2.45) is 0 Å². The number of methoxy groups -OCH3 is 1. The smallest absolute Gasteiger partial charge is 0.375 e. The highest BCUT2D eigenvalue weighted by atomic mass is 19.1. The summed E-state index contributed by atoms with van der Waals surface area (Å²) >= 11 is 0. The number of carbonyl (C=O) groups is 1. The summed E-state index contributed by atoms with van der Waals surface area (Å²) in [4.78, 5) is 15.3. The van der Waals surface area contributed by atoms with Gasteiger partial charge < -0.3 is 9.47 Å². The van der Waals surface area contributed by atoms with E-state index in [1.165, 1.54) is 19.2 Å². The van der Waals surface area contributed by atoms with Gasteiger partial charge in [-0.3, -0.25) is 5.10 Å². The third-order valence-corrected chi connectivity index (χ3v) is 2.37. The van der Waals surface area contributed by atoms with Crippen LogP contribution in [0.2, 0.25) is 0 Å². The molecule has 0 spiro atoms. The van der Waals surface area contributed by atoms with E-state index in [-0.39, 0.29) is 23.8 Å². The molecule has 1 aromatic heterocycles. The van der Waals surface area contributed by atoms with Gasteiger partial charge in [0.05, 0.1) is 19.3 Å². The van der Waals surface area contributed by atoms with Crippen LogP contribution in [0.4, 0.5) is 4.39 Å². The van der Waals surface area contributed by atoms with Crippen LogP contribution in [0.15, 0.2) is 18.2 Å². The lowest BCUT2D eigenvalue weighted by Crippen LogP contribution is -2.06. The van der Waals surface area contributed by atoms with E-state index in [0.717, 1.165) is 0 Å². The lowest BCUT2D eigenvalue weighted by Gasteiger charge is -2.02. The highest BCUT2D eigenvalue weighted by Crippen LogP contribution is 2.23. The van der Waals surface area contributed by atoms with Crippen molar-refractivity contribution in [3.63, 3.8) is 0 Å². The molecule has 2 rings (SSSR count). The zero-order valence-corrected chi connectivity index (χ0v) is 10.4. The molecule has 1 aromatic carbocycles. The van der Waals surface area contributed by atoms with Crippen LogP contribution in [0.5, 0.6) is 5.75 Å². The van der Waals surface area contributed by atoms with Gasteiger partial charge in [-0.25, -0.2) is 14.2 Å². The molecule has 0 aliphatic rings. The molecule has 0 unspecified atom stereocenters. The van der Waals surface area contributed by atoms with Crippen LogP contribution in [0.25, 0.3) is 11.4 Å². The van der Waals surface area contributed by atoms with Crippen molar-refractivity contribution < 1.29 is 18.7 Å². The van der Waals surface area contributed by atoms with Gasteiger partial charge in [0, 0.05) is 6.07 Å². The first kappa shape index (κ1) is 13.0. The predicted molar refractivity (Wildman–Crippen MR) is 64.3 cm³/mol. The summed E-state index contributed by atoms with van der Waals surface area (Å²) in [6.45, 7) is 1.91. The zero-order valence-electron chi connectivity index (χ0n) is 10.4. The molecular formula is C12H12FN3O3. The number of nitrogens with zero attached hydrogens (tertiary/aromatic N) is 2. The Morgan fingerprint density at radius 1 is 1.47 bits per heavy atom. The van der Waals surface area contributed by atoms with Gasteiger partial charge in [-0.1, -0.05) is 0 Å². The molecular weight excluding hydrogens is 253 g/mol. The number of nitrogens with one attached hydrogen (secondary N) is 1. The minimum absolute atomic E-state index is 0.0629. The Balaban J connectivity index is 2.30. The Kier molecular flexibility index (Phi) is 3.74. The van der Waals surface area contributed by atoms with Crippen LogP contribution in [0.3, 0.4) is 0 Å². The van der Waals surface area contributed by atoms with Crippen molar-refractivity contribution in [3.8, 4) is 17.1 Å². The monoisotopic (exact) mass is 265 g/mol. The van der Waals surface area contributed by atoms with Gasteiger partial charge in [-0.15, -0.1) is 0 Å². The third-order valence-electron chi connectivity index (χ3n) is 2.37. The van der Waals surface area contributed by atoms with E-state index in [1.54, 1.807) is 13.0 Å². The van der Waals surface area contributed by atoms with Crippen molar-refractivity contribution in [1.29, 1.82) is 0 Å². The molecule has 0 bridgehead atoms. The molecule has 0 amide bonds. The highest BCUT2D eigenvalue weighted by molar-refractivity contribution is 5.85. The van der Waals surface area contributed by atoms with Gasteiger partial charge in [-0.2, -0.15) is 5.10 Å². The maximum atomic E-state index is 13.8. The average Bonchev–Trinajstić information content (AvgIpc) is 2.88. The maximum absolute atomic E-state index is 13.8. The summed E-state index contributed by atoms with van der Waals surface area (Å²) < 4.78 is 23.4. The standard InChI is InChI=1S/C12H12FN3O3/c1-3-19-12(17)11-14-10(15-16-11)8-5-4-7(18-2)6-9(8)13/h4-6H,3H2,1-2H3,(H,14,15,16). The fraction of sp³-hybridized carbons (Fsp3) is 0.250. The molecule has 100 valence electrons. The van der Waals surface area contributed by atoms with E-state index >= 15 is 0 Å². The van der Waals surface area contributed by atoms with Gasteiger partial charge in [0.2, 0.25) is 5.82 Å². The number of halogens is 1. The first-order chi connectivity index (χ1) is 9.15. The van der Waals surface area contributed by atoms with Crippen LogP contribution in [-0.2, 0) is 4.74 Å². The Hall–Kier alpha value is -2.44. The highest BCUT2D eigenvalue weighted by Gasteiger charge is 2.16. The number of H-pyrrole nitrogens is 1. The molecule has 0 radical (unpaired) electrons. The topological polar surface area (TPSA) is 77.1 Å².